The lowest BCUT2D eigenvalue weighted by molar-refractivity contribution is 0.226. The number of benzene rings is 2. The number of ether oxygens (including phenoxy) is 1. The van der Waals surface area contributed by atoms with E-state index in [1.165, 1.54) is 30.5 Å². The van der Waals surface area contributed by atoms with E-state index < -0.39 is 11.9 Å². The Bertz CT molecular complexity index is 900. The molecule has 0 aliphatic carbocycles. The first-order valence-corrected chi connectivity index (χ1v) is 8.22. The zero-order valence-corrected chi connectivity index (χ0v) is 14.7. The van der Waals surface area contributed by atoms with E-state index in [1.54, 1.807) is 31.3 Å². The molecular formula is C19H13Cl2F2NO. The van der Waals surface area contributed by atoms with Gasteiger partial charge in [-0.1, -0.05) is 35.3 Å². The molecule has 2 nitrogen and oxygen atoms in total. The Kier molecular flexibility index (Phi) is 5.21. The Morgan fingerprint density at radius 2 is 1.68 bits per heavy atom. The van der Waals surface area contributed by atoms with Crippen LogP contribution in [0.4, 0.5) is 8.78 Å². The molecule has 0 aliphatic rings. The lowest BCUT2D eigenvalue weighted by atomic mass is 10.1. The van der Waals surface area contributed by atoms with Crippen molar-refractivity contribution in [3.8, 4) is 16.9 Å². The van der Waals surface area contributed by atoms with Gasteiger partial charge in [-0.25, -0.2) is 8.78 Å². The maximum absolute atomic E-state index is 13.7. The predicted octanol–water partition coefficient (Wildman–Crippen LogP) is 6.47. The molecule has 2 aromatic carbocycles. The molecule has 0 bridgehead atoms. The summed E-state index contributed by atoms with van der Waals surface area (Å²) < 4.78 is 32.6. The van der Waals surface area contributed by atoms with Crippen LogP contribution in [0.3, 0.4) is 0 Å². The highest BCUT2D eigenvalue weighted by Gasteiger charge is 2.19. The monoisotopic (exact) mass is 379 g/mol. The average Bonchev–Trinajstić information content (AvgIpc) is 2.59. The molecule has 6 heteroatoms. The number of halogens is 4. The molecule has 0 saturated heterocycles. The lowest BCUT2D eigenvalue weighted by Crippen LogP contribution is -2.06. The normalized spacial score (nSPS) is 12.0. The number of rotatable bonds is 4. The smallest absolute Gasteiger partial charge is 0.142 e. The molecule has 1 aromatic heterocycles. The number of aromatic nitrogens is 1. The fraction of sp³-hybridized carbons (Fsp3) is 0.105. The van der Waals surface area contributed by atoms with Gasteiger partial charge in [-0.15, -0.1) is 0 Å². The van der Waals surface area contributed by atoms with E-state index in [-0.39, 0.29) is 10.8 Å². The number of hydrogen-bond acceptors (Lipinski definition) is 2. The molecule has 1 unspecified atom stereocenters. The van der Waals surface area contributed by atoms with Crippen LogP contribution < -0.4 is 4.74 Å². The van der Waals surface area contributed by atoms with Gasteiger partial charge in [0.1, 0.15) is 23.5 Å². The van der Waals surface area contributed by atoms with Gasteiger partial charge in [-0.2, -0.15) is 0 Å². The molecule has 0 N–H and O–H groups in total. The third-order valence-electron chi connectivity index (χ3n) is 3.69. The number of nitrogens with zero attached hydrogens (tertiary/aromatic N) is 1. The van der Waals surface area contributed by atoms with Gasteiger partial charge in [0.15, 0.2) is 0 Å². The molecule has 3 rings (SSSR count). The van der Waals surface area contributed by atoms with E-state index in [0.29, 0.717) is 16.3 Å². The van der Waals surface area contributed by atoms with Gasteiger partial charge >= 0.3 is 0 Å². The molecule has 0 radical (unpaired) electrons. The fourth-order valence-corrected chi connectivity index (χ4v) is 3.14. The molecular weight excluding hydrogens is 367 g/mol. The molecule has 1 atom stereocenters. The minimum Gasteiger partial charge on any atom is -0.484 e. The van der Waals surface area contributed by atoms with E-state index in [4.69, 9.17) is 27.9 Å². The van der Waals surface area contributed by atoms with Crippen LogP contribution in [0.25, 0.3) is 11.1 Å². The fourth-order valence-electron chi connectivity index (χ4n) is 2.46. The summed E-state index contributed by atoms with van der Waals surface area (Å²) in [6.45, 7) is 1.72. The van der Waals surface area contributed by atoms with Crippen LogP contribution >= 0.6 is 23.2 Å². The molecule has 0 aliphatic heterocycles. The lowest BCUT2D eigenvalue weighted by Gasteiger charge is -2.18. The van der Waals surface area contributed by atoms with Crippen molar-refractivity contribution in [2.45, 2.75) is 13.0 Å². The second kappa shape index (κ2) is 7.38. The van der Waals surface area contributed by atoms with Crippen LogP contribution in [0, 0.1) is 11.6 Å². The predicted molar refractivity (Wildman–Crippen MR) is 95.1 cm³/mol. The van der Waals surface area contributed by atoms with E-state index >= 15 is 0 Å². The molecule has 3 aromatic rings. The summed E-state index contributed by atoms with van der Waals surface area (Å²) in [5, 5.41) is 0.254. The van der Waals surface area contributed by atoms with Gasteiger partial charge in [0.2, 0.25) is 0 Å². The van der Waals surface area contributed by atoms with E-state index in [2.05, 4.69) is 4.98 Å². The van der Waals surface area contributed by atoms with Crippen LogP contribution in [-0.2, 0) is 0 Å². The Morgan fingerprint density at radius 3 is 2.40 bits per heavy atom. The topological polar surface area (TPSA) is 22.1 Å². The van der Waals surface area contributed by atoms with Gasteiger partial charge in [-0.3, -0.25) is 4.98 Å². The van der Waals surface area contributed by atoms with Crippen molar-refractivity contribution in [3.05, 3.63) is 82.1 Å². The summed E-state index contributed by atoms with van der Waals surface area (Å²) in [7, 11) is 0. The van der Waals surface area contributed by atoms with Gasteiger partial charge < -0.3 is 4.74 Å². The Labute approximate surface area is 154 Å². The second-order valence-electron chi connectivity index (χ2n) is 5.43. The average molecular weight is 380 g/mol. The summed E-state index contributed by atoms with van der Waals surface area (Å²) in [6.07, 6.45) is 2.60. The summed E-state index contributed by atoms with van der Waals surface area (Å²) in [6, 6.07) is 10.5. The minimum absolute atomic E-state index is 0.0670. The highest BCUT2D eigenvalue weighted by Crippen LogP contribution is 2.35. The largest absolute Gasteiger partial charge is 0.484 e. The Hall–Kier alpha value is -2.17. The van der Waals surface area contributed by atoms with Gasteiger partial charge in [0, 0.05) is 22.3 Å². The van der Waals surface area contributed by atoms with Crippen molar-refractivity contribution in [2.75, 3.05) is 0 Å². The highest BCUT2D eigenvalue weighted by molar-refractivity contribution is 6.36. The van der Waals surface area contributed by atoms with E-state index in [9.17, 15) is 8.78 Å². The number of pyridine rings is 1. The summed E-state index contributed by atoms with van der Waals surface area (Å²) >= 11 is 12.1. The first-order valence-electron chi connectivity index (χ1n) is 7.46. The van der Waals surface area contributed by atoms with Crippen molar-refractivity contribution in [1.29, 1.82) is 0 Å². The summed E-state index contributed by atoms with van der Waals surface area (Å²) in [4.78, 5) is 4.13. The zero-order chi connectivity index (χ0) is 18.0. The first kappa shape index (κ1) is 17.6. The zero-order valence-electron chi connectivity index (χ0n) is 13.1. The summed E-state index contributed by atoms with van der Waals surface area (Å²) in [5.74, 6) is -0.409. The van der Waals surface area contributed by atoms with Crippen LogP contribution in [-0.4, -0.2) is 4.98 Å². The SMILES string of the molecule is CC(Oc1cncc(-c2ccc(F)cc2)c1)c1c(Cl)ccc(F)c1Cl. The van der Waals surface area contributed by atoms with Crippen LogP contribution in [0.15, 0.2) is 54.9 Å². The van der Waals surface area contributed by atoms with Crippen molar-refractivity contribution in [1.82, 2.24) is 4.98 Å². The highest BCUT2D eigenvalue weighted by atomic mass is 35.5. The van der Waals surface area contributed by atoms with Crippen LogP contribution in [0.1, 0.15) is 18.6 Å². The molecule has 128 valence electrons. The van der Waals surface area contributed by atoms with Gasteiger partial charge in [-0.05, 0) is 42.8 Å². The van der Waals surface area contributed by atoms with Crippen molar-refractivity contribution in [3.63, 3.8) is 0 Å². The molecule has 0 fully saturated rings. The third kappa shape index (κ3) is 3.91. The molecule has 1 heterocycles. The van der Waals surface area contributed by atoms with E-state index in [1.807, 2.05) is 0 Å². The van der Waals surface area contributed by atoms with Gasteiger partial charge in [0.05, 0.1) is 11.2 Å². The maximum Gasteiger partial charge on any atom is 0.142 e. The van der Waals surface area contributed by atoms with Crippen molar-refractivity contribution < 1.29 is 13.5 Å². The molecule has 25 heavy (non-hydrogen) atoms. The second-order valence-corrected chi connectivity index (χ2v) is 6.22. The molecule has 0 amide bonds. The number of hydrogen-bond donors (Lipinski definition) is 0. The first-order chi connectivity index (χ1) is 12.0. The molecule has 0 spiro atoms. The van der Waals surface area contributed by atoms with Crippen molar-refractivity contribution >= 4 is 23.2 Å². The summed E-state index contributed by atoms with van der Waals surface area (Å²) in [5.41, 5.74) is 1.94. The van der Waals surface area contributed by atoms with Crippen LogP contribution in [0.2, 0.25) is 10.0 Å². The quantitative estimate of drug-likeness (QED) is 0.484. The maximum atomic E-state index is 13.7. The third-order valence-corrected chi connectivity index (χ3v) is 4.40. The standard InChI is InChI=1S/C19H13Cl2F2NO/c1-11(18-16(20)6-7-17(23)19(18)21)25-15-8-13(9-24-10-15)12-2-4-14(22)5-3-12/h2-11H,1H3. The van der Waals surface area contributed by atoms with Gasteiger partial charge in [0.25, 0.3) is 0 Å². The Morgan fingerprint density at radius 1 is 0.960 bits per heavy atom. The van der Waals surface area contributed by atoms with Crippen LogP contribution in [0.5, 0.6) is 5.75 Å². The van der Waals surface area contributed by atoms with E-state index in [0.717, 1.165) is 11.1 Å². The minimum atomic E-state index is -0.582. The molecule has 0 saturated carbocycles. The van der Waals surface area contributed by atoms with Crippen molar-refractivity contribution in [2.24, 2.45) is 0 Å². The Balaban J connectivity index is 1.88.